The molecule has 2 atom stereocenters. The minimum atomic E-state index is 0.556. The fourth-order valence-electron chi connectivity index (χ4n) is 4.70. The van der Waals surface area contributed by atoms with Crippen molar-refractivity contribution in [1.29, 1.82) is 0 Å². The molecule has 2 aliphatic heterocycles. The number of likely N-dealkylation sites (N-methyl/N-ethyl adjacent to an activating group) is 1. The Kier molecular flexibility index (Phi) is 3.56. The normalized spacial score (nSPS) is 22.8. The average Bonchev–Trinajstić information content (AvgIpc) is 2.99. The molecule has 0 saturated carbocycles. The molecule has 128 valence electrons. The highest BCUT2D eigenvalue weighted by Gasteiger charge is 2.37. The molecule has 25 heavy (non-hydrogen) atoms. The van der Waals surface area contributed by atoms with E-state index in [1.165, 1.54) is 47.0 Å². The lowest BCUT2D eigenvalue weighted by atomic mass is 9.82. The summed E-state index contributed by atoms with van der Waals surface area (Å²) in [5.74, 6) is 0.966. The van der Waals surface area contributed by atoms with E-state index in [1.807, 2.05) is 6.07 Å². The monoisotopic (exact) mass is 332 g/mol. The molecule has 2 aliphatic rings. The van der Waals surface area contributed by atoms with Gasteiger partial charge in [0.1, 0.15) is 12.4 Å². The van der Waals surface area contributed by atoms with Gasteiger partial charge in [0.15, 0.2) is 0 Å². The van der Waals surface area contributed by atoms with Crippen molar-refractivity contribution in [2.45, 2.75) is 44.4 Å². The summed E-state index contributed by atoms with van der Waals surface area (Å²) in [7, 11) is 2.30. The van der Waals surface area contributed by atoms with Gasteiger partial charge >= 0.3 is 0 Å². The zero-order valence-corrected chi connectivity index (χ0v) is 14.7. The molecule has 2 bridgehead atoms. The third-order valence-electron chi connectivity index (χ3n) is 6.01. The first-order valence-electron chi connectivity index (χ1n) is 9.33. The van der Waals surface area contributed by atoms with Crippen molar-refractivity contribution in [2.24, 2.45) is 0 Å². The van der Waals surface area contributed by atoms with Crippen LogP contribution in [0.25, 0.3) is 10.9 Å². The van der Waals surface area contributed by atoms with Crippen LogP contribution < -0.4 is 4.74 Å². The van der Waals surface area contributed by atoms with E-state index in [0.29, 0.717) is 18.7 Å². The fourth-order valence-corrected chi connectivity index (χ4v) is 4.70. The Bertz CT molecular complexity index is 899. The van der Waals surface area contributed by atoms with Crippen molar-refractivity contribution >= 4 is 10.9 Å². The SMILES string of the molecule is CN1[C@H]2CCC[C@@H]1c1c([nH]c3c(OCc4ccccc4)cccc13)C2. The van der Waals surface area contributed by atoms with Crippen molar-refractivity contribution < 1.29 is 4.74 Å². The van der Waals surface area contributed by atoms with Gasteiger partial charge in [-0.2, -0.15) is 0 Å². The number of hydrogen-bond donors (Lipinski definition) is 1. The number of nitrogens with zero attached hydrogens (tertiary/aromatic N) is 1. The maximum atomic E-state index is 6.18. The maximum Gasteiger partial charge on any atom is 0.143 e. The van der Waals surface area contributed by atoms with Crippen molar-refractivity contribution in [3.8, 4) is 5.75 Å². The first-order valence-corrected chi connectivity index (χ1v) is 9.33. The van der Waals surface area contributed by atoms with Crippen LogP contribution in [0.1, 0.15) is 42.1 Å². The number of para-hydroxylation sites is 1. The van der Waals surface area contributed by atoms with E-state index >= 15 is 0 Å². The third kappa shape index (κ3) is 2.46. The Hall–Kier alpha value is -2.26. The average molecular weight is 332 g/mol. The number of hydrogen-bond acceptors (Lipinski definition) is 2. The summed E-state index contributed by atoms with van der Waals surface area (Å²) in [4.78, 5) is 6.31. The van der Waals surface area contributed by atoms with Crippen molar-refractivity contribution in [1.82, 2.24) is 9.88 Å². The van der Waals surface area contributed by atoms with E-state index in [1.54, 1.807) is 0 Å². The Labute approximate surface area is 148 Å². The number of benzene rings is 2. The molecule has 0 radical (unpaired) electrons. The predicted octanol–water partition coefficient (Wildman–Crippen LogP) is 4.83. The lowest BCUT2D eigenvalue weighted by Gasteiger charge is -2.43. The lowest BCUT2D eigenvalue weighted by Crippen LogP contribution is -2.43. The molecule has 1 saturated heterocycles. The topological polar surface area (TPSA) is 28.3 Å². The van der Waals surface area contributed by atoms with Gasteiger partial charge in [0.2, 0.25) is 0 Å². The van der Waals surface area contributed by atoms with Gasteiger partial charge in [-0.1, -0.05) is 42.5 Å². The van der Waals surface area contributed by atoms with Crippen molar-refractivity contribution in [3.05, 3.63) is 65.4 Å². The molecule has 2 aromatic carbocycles. The van der Waals surface area contributed by atoms with E-state index < -0.39 is 0 Å². The molecule has 1 N–H and O–H groups in total. The van der Waals surface area contributed by atoms with Gasteiger partial charge in [-0.05, 0) is 43.5 Å². The molecule has 3 heterocycles. The summed E-state index contributed by atoms with van der Waals surface area (Å²) in [5.41, 5.74) is 5.31. The third-order valence-corrected chi connectivity index (χ3v) is 6.01. The number of fused-ring (bicyclic) bond motifs is 6. The number of piperidine rings is 1. The summed E-state index contributed by atoms with van der Waals surface area (Å²) in [6.07, 6.45) is 5.06. The highest BCUT2D eigenvalue weighted by atomic mass is 16.5. The number of ether oxygens (including phenoxy) is 1. The second-order valence-corrected chi connectivity index (χ2v) is 7.44. The van der Waals surface area contributed by atoms with Gasteiger partial charge in [-0.25, -0.2) is 0 Å². The van der Waals surface area contributed by atoms with Gasteiger partial charge < -0.3 is 9.72 Å². The molecule has 1 aromatic heterocycles. The van der Waals surface area contributed by atoms with Gasteiger partial charge in [-0.3, -0.25) is 4.90 Å². The quantitative estimate of drug-likeness (QED) is 0.744. The minimum Gasteiger partial charge on any atom is -0.487 e. The standard InChI is InChI=1S/C22H24N2O/c1-24-16-9-5-11-19(24)21-17-10-6-12-20(22(17)23-18(21)13-16)25-14-15-7-3-2-4-8-15/h2-4,6-8,10,12,16,19,23H,5,9,11,13-14H2,1H3/t16-,19+/m0/s1. The molecule has 0 unspecified atom stereocenters. The van der Waals surface area contributed by atoms with Crippen LogP contribution in [0.4, 0.5) is 0 Å². The summed E-state index contributed by atoms with van der Waals surface area (Å²) >= 11 is 0. The molecule has 3 heteroatoms. The van der Waals surface area contributed by atoms with E-state index in [0.717, 1.165) is 12.2 Å². The summed E-state index contributed by atoms with van der Waals surface area (Å²) in [6, 6.07) is 18.1. The van der Waals surface area contributed by atoms with E-state index in [-0.39, 0.29) is 0 Å². The smallest absolute Gasteiger partial charge is 0.143 e. The highest BCUT2D eigenvalue weighted by Crippen LogP contribution is 2.45. The fraction of sp³-hybridized carbons (Fsp3) is 0.364. The van der Waals surface area contributed by atoms with Gasteiger partial charge in [0.05, 0.1) is 5.52 Å². The highest BCUT2D eigenvalue weighted by molar-refractivity contribution is 5.90. The zero-order valence-electron chi connectivity index (χ0n) is 14.7. The van der Waals surface area contributed by atoms with Gasteiger partial charge in [-0.15, -0.1) is 0 Å². The number of aromatic nitrogens is 1. The maximum absolute atomic E-state index is 6.18. The predicted molar refractivity (Wildman–Crippen MR) is 101 cm³/mol. The number of rotatable bonds is 3. The molecule has 0 aliphatic carbocycles. The van der Waals surface area contributed by atoms with Crippen LogP contribution in [0.2, 0.25) is 0 Å². The summed E-state index contributed by atoms with van der Waals surface area (Å²) in [5, 5.41) is 1.35. The molecule has 0 amide bonds. The number of aromatic amines is 1. The van der Waals surface area contributed by atoms with Crippen molar-refractivity contribution in [2.75, 3.05) is 7.05 Å². The van der Waals surface area contributed by atoms with E-state index in [9.17, 15) is 0 Å². The molecule has 5 rings (SSSR count). The number of H-pyrrole nitrogens is 1. The first-order chi connectivity index (χ1) is 12.3. The number of nitrogens with one attached hydrogen (secondary N) is 1. The van der Waals surface area contributed by atoms with E-state index in [2.05, 4.69) is 59.4 Å². The Morgan fingerprint density at radius 2 is 1.96 bits per heavy atom. The van der Waals surface area contributed by atoms with Gasteiger partial charge in [0.25, 0.3) is 0 Å². The first kappa shape index (κ1) is 15.0. The molecule has 1 fully saturated rings. The van der Waals surface area contributed by atoms with Crippen LogP contribution in [-0.4, -0.2) is 23.0 Å². The van der Waals surface area contributed by atoms with Crippen LogP contribution >= 0.6 is 0 Å². The van der Waals surface area contributed by atoms with Crippen LogP contribution in [0, 0.1) is 0 Å². The summed E-state index contributed by atoms with van der Waals surface area (Å²) < 4.78 is 6.18. The molecular formula is C22H24N2O. The van der Waals surface area contributed by atoms with Crippen molar-refractivity contribution in [3.63, 3.8) is 0 Å². The lowest BCUT2D eigenvalue weighted by molar-refractivity contribution is 0.100. The zero-order chi connectivity index (χ0) is 16.8. The minimum absolute atomic E-state index is 0.556. The van der Waals surface area contributed by atoms with Gasteiger partial charge in [0, 0.05) is 29.6 Å². The second-order valence-electron chi connectivity index (χ2n) is 7.44. The molecular weight excluding hydrogens is 308 g/mol. The largest absolute Gasteiger partial charge is 0.487 e. The van der Waals surface area contributed by atoms with Crippen LogP contribution in [0.3, 0.4) is 0 Å². The molecule has 3 aromatic rings. The molecule has 3 nitrogen and oxygen atoms in total. The summed E-state index contributed by atoms with van der Waals surface area (Å²) in [6.45, 7) is 0.607. The second kappa shape index (κ2) is 5.92. The Morgan fingerprint density at radius 1 is 1.08 bits per heavy atom. The van der Waals surface area contributed by atoms with E-state index in [4.69, 9.17) is 4.74 Å². The van der Waals surface area contributed by atoms with Crippen LogP contribution in [-0.2, 0) is 13.0 Å². The Balaban J connectivity index is 1.53. The molecule has 0 spiro atoms. The van der Waals surface area contributed by atoms with Crippen LogP contribution in [0.5, 0.6) is 5.75 Å². The van der Waals surface area contributed by atoms with Crippen LogP contribution in [0.15, 0.2) is 48.5 Å². The Morgan fingerprint density at radius 3 is 2.84 bits per heavy atom.